The van der Waals surface area contributed by atoms with Gasteiger partial charge >= 0.3 is 0 Å². The number of aromatic nitrogens is 2. The highest BCUT2D eigenvalue weighted by Gasteiger charge is 2.19. The van der Waals surface area contributed by atoms with Crippen molar-refractivity contribution in [3.05, 3.63) is 40.7 Å². The van der Waals surface area contributed by atoms with Crippen molar-refractivity contribution in [1.82, 2.24) is 9.78 Å². The Bertz CT molecular complexity index is 819. The minimum Gasteiger partial charge on any atom is -0.372 e. The summed E-state index contributed by atoms with van der Waals surface area (Å²) in [5.41, 5.74) is 2.77. The SMILES string of the molecule is CCCOCC(=O)Nc1ccc(NC(=O)C(C)n2nc(C)cc2C)c(Cl)c1. The molecule has 0 bridgehead atoms. The van der Waals surface area contributed by atoms with Gasteiger partial charge in [-0.3, -0.25) is 14.3 Å². The molecule has 0 saturated carbocycles. The van der Waals surface area contributed by atoms with Gasteiger partial charge in [-0.15, -0.1) is 0 Å². The lowest BCUT2D eigenvalue weighted by Crippen LogP contribution is -2.25. The fraction of sp³-hybridized carbons (Fsp3) is 0.421. The fourth-order valence-corrected chi connectivity index (χ4v) is 2.81. The monoisotopic (exact) mass is 392 g/mol. The molecule has 2 rings (SSSR count). The summed E-state index contributed by atoms with van der Waals surface area (Å²) in [7, 11) is 0. The van der Waals surface area contributed by atoms with Crippen molar-refractivity contribution in [2.75, 3.05) is 23.8 Å². The molecule has 0 aliphatic heterocycles. The van der Waals surface area contributed by atoms with Gasteiger partial charge in [0.15, 0.2) is 0 Å². The van der Waals surface area contributed by atoms with Crippen LogP contribution in [0.4, 0.5) is 11.4 Å². The molecule has 2 aromatic rings. The van der Waals surface area contributed by atoms with Gasteiger partial charge in [0.1, 0.15) is 12.6 Å². The van der Waals surface area contributed by atoms with Crippen LogP contribution in [0.5, 0.6) is 0 Å². The molecule has 0 fully saturated rings. The zero-order valence-electron chi connectivity index (χ0n) is 16.0. The second kappa shape index (κ2) is 9.53. The highest BCUT2D eigenvalue weighted by Crippen LogP contribution is 2.26. The van der Waals surface area contributed by atoms with Crippen molar-refractivity contribution in [2.45, 2.75) is 40.2 Å². The van der Waals surface area contributed by atoms with E-state index in [1.54, 1.807) is 29.8 Å². The van der Waals surface area contributed by atoms with Gasteiger partial charge in [0.25, 0.3) is 0 Å². The maximum Gasteiger partial charge on any atom is 0.250 e. The average molecular weight is 393 g/mol. The number of ether oxygens (including phenoxy) is 1. The molecule has 7 nitrogen and oxygen atoms in total. The van der Waals surface area contributed by atoms with Crippen molar-refractivity contribution >= 4 is 34.8 Å². The molecule has 27 heavy (non-hydrogen) atoms. The van der Waals surface area contributed by atoms with Crippen molar-refractivity contribution in [2.24, 2.45) is 0 Å². The first-order valence-electron chi connectivity index (χ1n) is 8.82. The Hall–Kier alpha value is -2.38. The van der Waals surface area contributed by atoms with E-state index in [1.165, 1.54) is 0 Å². The first-order valence-corrected chi connectivity index (χ1v) is 9.20. The van der Waals surface area contributed by atoms with Gasteiger partial charge in [0.2, 0.25) is 11.8 Å². The van der Waals surface area contributed by atoms with Gasteiger partial charge in [0, 0.05) is 18.0 Å². The highest BCUT2D eigenvalue weighted by molar-refractivity contribution is 6.34. The predicted molar refractivity (Wildman–Crippen MR) is 106 cm³/mol. The Labute approximate surface area is 164 Å². The van der Waals surface area contributed by atoms with Crippen LogP contribution in [0.25, 0.3) is 0 Å². The second-order valence-electron chi connectivity index (χ2n) is 6.33. The third-order valence-electron chi connectivity index (χ3n) is 3.88. The zero-order valence-corrected chi connectivity index (χ0v) is 16.8. The van der Waals surface area contributed by atoms with E-state index in [4.69, 9.17) is 16.3 Å². The lowest BCUT2D eigenvalue weighted by Gasteiger charge is -2.16. The summed E-state index contributed by atoms with van der Waals surface area (Å²) in [5, 5.41) is 10.2. The minimum absolute atomic E-state index is 0.00982. The molecule has 1 aromatic heterocycles. The number of rotatable bonds is 8. The van der Waals surface area contributed by atoms with Crippen LogP contribution < -0.4 is 10.6 Å². The minimum atomic E-state index is -0.482. The smallest absolute Gasteiger partial charge is 0.250 e. The summed E-state index contributed by atoms with van der Waals surface area (Å²) in [6.07, 6.45) is 0.851. The molecule has 1 heterocycles. The van der Waals surface area contributed by atoms with Gasteiger partial charge in [0.05, 0.1) is 16.4 Å². The summed E-state index contributed by atoms with van der Waals surface area (Å²) in [6, 6.07) is 6.34. The molecule has 146 valence electrons. The number of nitrogens with zero attached hydrogens (tertiary/aromatic N) is 2. The van der Waals surface area contributed by atoms with E-state index in [0.717, 1.165) is 17.8 Å². The highest BCUT2D eigenvalue weighted by atomic mass is 35.5. The van der Waals surface area contributed by atoms with E-state index < -0.39 is 6.04 Å². The zero-order chi connectivity index (χ0) is 20.0. The third kappa shape index (κ3) is 5.80. The van der Waals surface area contributed by atoms with Gasteiger partial charge in [-0.1, -0.05) is 18.5 Å². The summed E-state index contributed by atoms with van der Waals surface area (Å²) in [6.45, 7) is 8.05. The van der Waals surface area contributed by atoms with Gasteiger partial charge in [-0.05, 0) is 51.5 Å². The van der Waals surface area contributed by atoms with Gasteiger partial charge < -0.3 is 15.4 Å². The van der Waals surface area contributed by atoms with Crippen LogP contribution in [-0.2, 0) is 14.3 Å². The molecular weight excluding hydrogens is 368 g/mol. The second-order valence-corrected chi connectivity index (χ2v) is 6.74. The summed E-state index contributed by atoms with van der Waals surface area (Å²) in [5.74, 6) is -0.484. The molecule has 0 radical (unpaired) electrons. The van der Waals surface area contributed by atoms with E-state index in [2.05, 4.69) is 15.7 Å². The number of hydrogen-bond donors (Lipinski definition) is 2. The van der Waals surface area contributed by atoms with Crippen LogP contribution in [0.2, 0.25) is 5.02 Å². The van der Waals surface area contributed by atoms with Crippen LogP contribution in [0.15, 0.2) is 24.3 Å². The van der Waals surface area contributed by atoms with Crippen LogP contribution >= 0.6 is 11.6 Å². The van der Waals surface area contributed by atoms with Crippen molar-refractivity contribution < 1.29 is 14.3 Å². The van der Waals surface area contributed by atoms with Gasteiger partial charge in [-0.25, -0.2) is 0 Å². The number of carbonyl (C=O) groups is 2. The van der Waals surface area contributed by atoms with Crippen molar-refractivity contribution in [3.8, 4) is 0 Å². The number of hydrogen-bond acceptors (Lipinski definition) is 4. The first kappa shape index (κ1) is 20.9. The number of amides is 2. The fourth-order valence-electron chi connectivity index (χ4n) is 2.59. The molecule has 8 heteroatoms. The Morgan fingerprint density at radius 3 is 2.59 bits per heavy atom. The van der Waals surface area contributed by atoms with E-state index in [-0.39, 0.29) is 18.4 Å². The number of benzene rings is 1. The van der Waals surface area contributed by atoms with Crippen LogP contribution in [0, 0.1) is 13.8 Å². The maximum atomic E-state index is 12.5. The topological polar surface area (TPSA) is 85.3 Å². The largest absolute Gasteiger partial charge is 0.372 e. The number of carbonyl (C=O) groups excluding carboxylic acids is 2. The van der Waals surface area contributed by atoms with E-state index >= 15 is 0 Å². The normalized spacial score (nSPS) is 11.9. The van der Waals surface area contributed by atoms with E-state index in [9.17, 15) is 9.59 Å². The standard InChI is InChI=1S/C19H25ClN4O3/c1-5-8-27-11-18(25)21-15-6-7-17(16(20)10-15)22-19(26)14(4)24-13(3)9-12(2)23-24/h6-7,9-10,14H,5,8,11H2,1-4H3,(H,21,25)(H,22,26). The Morgan fingerprint density at radius 2 is 2.00 bits per heavy atom. The van der Waals surface area contributed by atoms with E-state index in [0.29, 0.717) is 23.0 Å². The van der Waals surface area contributed by atoms with Crippen LogP contribution in [-0.4, -0.2) is 34.8 Å². The average Bonchev–Trinajstić information content (AvgIpc) is 2.95. The Kier molecular flexibility index (Phi) is 7.38. The van der Waals surface area contributed by atoms with Crippen molar-refractivity contribution in [3.63, 3.8) is 0 Å². The molecule has 1 unspecified atom stereocenters. The molecule has 0 aliphatic rings. The Balaban J connectivity index is 2.00. The number of aryl methyl sites for hydroxylation is 2. The number of nitrogens with one attached hydrogen (secondary N) is 2. The van der Waals surface area contributed by atoms with Crippen LogP contribution in [0.1, 0.15) is 37.7 Å². The molecule has 0 aliphatic carbocycles. The third-order valence-corrected chi connectivity index (χ3v) is 4.20. The van der Waals surface area contributed by atoms with E-state index in [1.807, 2.05) is 26.8 Å². The molecule has 2 N–H and O–H groups in total. The summed E-state index contributed by atoms with van der Waals surface area (Å²) >= 11 is 6.25. The van der Waals surface area contributed by atoms with Crippen molar-refractivity contribution in [1.29, 1.82) is 0 Å². The quantitative estimate of drug-likeness (QED) is 0.670. The molecule has 0 saturated heterocycles. The maximum absolute atomic E-state index is 12.5. The Morgan fingerprint density at radius 1 is 1.26 bits per heavy atom. The number of halogens is 1. The molecule has 1 aromatic carbocycles. The lowest BCUT2D eigenvalue weighted by molar-refractivity contribution is -0.120. The number of anilines is 2. The molecular formula is C19H25ClN4O3. The summed E-state index contributed by atoms with van der Waals surface area (Å²) < 4.78 is 6.86. The summed E-state index contributed by atoms with van der Waals surface area (Å²) in [4.78, 5) is 24.3. The molecule has 0 spiro atoms. The van der Waals surface area contributed by atoms with Crippen LogP contribution in [0.3, 0.4) is 0 Å². The molecule has 1 atom stereocenters. The lowest BCUT2D eigenvalue weighted by atomic mass is 10.2. The first-order chi connectivity index (χ1) is 12.8. The molecule has 2 amide bonds. The van der Waals surface area contributed by atoms with Gasteiger partial charge in [-0.2, -0.15) is 5.10 Å². The predicted octanol–water partition coefficient (Wildman–Crippen LogP) is 3.72.